The summed E-state index contributed by atoms with van der Waals surface area (Å²) in [6, 6.07) is 10.6. The van der Waals surface area contributed by atoms with E-state index < -0.39 is 0 Å². The Labute approximate surface area is 121 Å². The first-order valence-corrected chi connectivity index (χ1v) is 7.25. The summed E-state index contributed by atoms with van der Waals surface area (Å²) in [5.41, 5.74) is 1.96. The molecule has 108 valence electrons. The second-order valence-corrected chi connectivity index (χ2v) is 5.30. The van der Waals surface area contributed by atoms with Crippen LogP contribution < -0.4 is 5.32 Å². The number of hydrogen-bond acceptors (Lipinski definition) is 4. The second-order valence-electron chi connectivity index (χ2n) is 5.30. The molecule has 1 aromatic rings. The molecule has 1 aromatic carbocycles. The summed E-state index contributed by atoms with van der Waals surface area (Å²) in [6.45, 7) is 5.04. The highest BCUT2D eigenvalue weighted by molar-refractivity contribution is 5.31. The number of methoxy groups -OCH3 is 1. The van der Waals surface area contributed by atoms with Crippen LogP contribution in [0.2, 0.25) is 0 Å². The minimum absolute atomic E-state index is 0.601. The molecule has 0 aliphatic carbocycles. The molecule has 0 spiro atoms. The van der Waals surface area contributed by atoms with Gasteiger partial charge in [-0.3, -0.25) is 0 Å². The van der Waals surface area contributed by atoms with E-state index in [0.717, 1.165) is 38.3 Å². The number of rotatable bonds is 6. The van der Waals surface area contributed by atoms with Gasteiger partial charge in [-0.1, -0.05) is 12.1 Å². The highest BCUT2D eigenvalue weighted by Gasteiger charge is 2.18. The topological polar surface area (TPSA) is 48.3 Å². The normalized spacial score (nSPS) is 17.0. The summed E-state index contributed by atoms with van der Waals surface area (Å²) in [7, 11) is 1.76. The summed E-state index contributed by atoms with van der Waals surface area (Å²) in [5, 5.41) is 12.4. The van der Waals surface area contributed by atoms with E-state index in [-0.39, 0.29) is 0 Å². The average Bonchev–Trinajstić information content (AvgIpc) is 2.52. The Morgan fingerprint density at radius 3 is 2.60 bits per heavy atom. The van der Waals surface area contributed by atoms with Gasteiger partial charge in [-0.15, -0.1) is 0 Å². The SMILES string of the molecule is COCCN1CCC(NCc2ccc(C#N)cc2)CC1. The highest BCUT2D eigenvalue weighted by atomic mass is 16.5. The van der Waals surface area contributed by atoms with E-state index >= 15 is 0 Å². The zero-order chi connectivity index (χ0) is 14.2. The first-order valence-electron chi connectivity index (χ1n) is 7.25. The van der Waals surface area contributed by atoms with Gasteiger partial charge in [0.1, 0.15) is 0 Å². The van der Waals surface area contributed by atoms with Crippen molar-refractivity contribution in [1.82, 2.24) is 10.2 Å². The van der Waals surface area contributed by atoms with E-state index in [4.69, 9.17) is 10.00 Å². The van der Waals surface area contributed by atoms with Gasteiger partial charge in [0, 0.05) is 26.2 Å². The Hall–Kier alpha value is -1.41. The van der Waals surface area contributed by atoms with E-state index in [2.05, 4.69) is 16.3 Å². The van der Waals surface area contributed by atoms with Gasteiger partial charge in [0.15, 0.2) is 0 Å². The molecular weight excluding hydrogens is 250 g/mol. The third-order valence-electron chi connectivity index (χ3n) is 3.88. The van der Waals surface area contributed by atoms with Crippen molar-refractivity contribution >= 4 is 0 Å². The lowest BCUT2D eigenvalue weighted by Crippen LogP contribution is -2.43. The fourth-order valence-corrected chi connectivity index (χ4v) is 2.54. The summed E-state index contributed by atoms with van der Waals surface area (Å²) in [6.07, 6.45) is 2.39. The third-order valence-corrected chi connectivity index (χ3v) is 3.88. The predicted octanol–water partition coefficient (Wildman–Crippen LogP) is 1.76. The van der Waals surface area contributed by atoms with Gasteiger partial charge < -0.3 is 15.0 Å². The number of ether oxygens (including phenoxy) is 1. The van der Waals surface area contributed by atoms with E-state index in [0.29, 0.717) is 6.04 Å². The Morgan fingerprint density at radius 2 is 2.00 bits per heavy atom. The van der Waals surface area contributed by atoms with Gasteiger partial charge in [0.05, 0.1) is 18.2 Å². The maximum absolute atomic E-state index is 8.77. The molecule has 1 fully saturated rings. The van der Waals surface area contributed by atoms with Gasteiger partial charge in [0.2, 0.25) is 0 Å². The Bertz CT molecular complexity index is 430. The second kappa shape index (κ2) is 8.01. The van der Waals surface area contributed by atoms with Gasteiger partial charge in [-0.2, -0.15) is 5.26 Å². The molecule has 0 bridgehead atoms. The molecule has 0 radical (unpaired) electrons. The van der Waals surface area contributed by atoms with Gasteiger partial charge in [0.25, 0.3) is 0 Å². The molecule has 1 aliphatic heterocycles. The van der Waals surface area contributed by atoms with Crippen molar-refractivity contribution in [3.8, 4) is 6.07 Å². The van der Waals surface area contributed by atoms with Crippen LogP contribution in [-0.2, 0) is 11.3 Å². The van der Waals surface area contributed by atoms with Crippen LogP contribution in [0.3, 0.4) is 0 Å². The monoisotopic (exact) mass is 273 g/mol. The number of nitrogens with one attached hydrogen (secondary N) is 1. The molecule has 0 unspecified atom stereocenters. The van der Waals surface area contributed by atoms with E-state index in [1.165, 1.54) is 18.4 Å². The lowest BCUT2D eigenvalue weighted by molar-refractivity contribution is 0.126. The minimum atomic E-state index is 0.601. The smallest absolute Gasteiger partial charge is 0.0991 e. The van der Waals surface area contributed by atoms with Gasteiger partial charge >= 0.3 is 0 Å². The molecule has 1 N–H and O–H groups in total. The molecule has 1 aliphatic rings. The number of nitriles is 1. The zero-order valence-corrected chi connectivity index (χ0v) is 12.1. The molecule has 4 heteroatoms. The summed E-state index contributed by atoms with van der Waals surface area (Å²) >= 11 is 0. The molecule has 0 saturated carbocycles. The highest BCUT2D eigenvalue weighted by Crippen LogP contribution is 2.11. The van der Waals surface area contributed by atoms with Crippen LogP contribution in [0.25, 0.3) is 0 Å². The summed E-state index contributed by atoms with van der Waals surface area (Å²) < 4.78 is 5.12. The van der Waals surface area contributed by atoms with Crippen LogP contribution in [0.15, 0.2) is 24.3 Å². The first-order chi connectivity index (χ1) is 9.81. The van der Waals surface area contributed by atoms with Crippen molar-refractivity contribution in [1.29, 1.82) is 5.26 Å². The van der Waals surface area contributed by atoms with E-state index in [1.807, 2.05) is 24.3 Å². The van der Waals surface area contributed by atoms with Crippen LogP contribution in [0, 0.1) is 11.3 Å². The van der Waals surface area contributed by atoms with Crippen LogP contribution in [0.5, 0.6) is 0 Å². The maximum Gasteiger partial charge on any atom is 0.0991 e. The predicted molar refractivity (Wildman–Crippen MR) is 79.3 cm³/mol. The fraction of sp³-hybridized carbons (Fsp3) is 0.562. The molecule has 0 aromatic heterocycles. The van der Waals surface area contributed by atoms with E-state index in [9.17, 15) is 0 Å². The number of likely N-dealkylation sites (tertiary alicyclic amines) is 1. The Balaban J connectivity index is 1.69. The quantitative estimate of drug-likeness (QED) is 0.858. The van der Waals surface area contributed by atoms with Gasteiger partial charge in [-0.25, -0.2) is 0 Å². The molecule has 20 heavy (non-hydrogen) atoms. The number of hydrogen-bond donors (Lipinski definition) is 1. The minimum Gasteiger partial charge on any atom is -0.383 e. The summed E-state index contributed by atoms with van der Waals surface area (Å²) in [5.74, 6) is 0. The molecule has 0 amide bonds. The van der Waals surface area contributed by atoms with Crippen molar-refractivity contribution in [3.05, 3.63) is 35.4 Å². The zero-order valence-electron chi connectivity index (χ0n) is 12.1. The van der Waals surface area contributed by atoms with Crippen molar-refractivity contribution in [3.63, 3.8) is 0 Å². The van der Waals surface area contributed by atoms with Crippen molar-refractivity contribution < 1.29 is 4.74 Å². The first kappa shape index (κ1) is 15.0. The Morgan fingerprint density at radius 1 is 1.30 bits per heavy atom. The van der Waals surface area contributed by atoms with Gasteiger partial charge in [-0.05, 0) is 43.6 Å². The lowest BCUT2D eigenvalue weighted by Gasteiger charge is -2.32. The Kier molecular flexibility index (Phi) is 6.00. The van der Waals surface area contributed by atoms with Crippen LogP contribution in [-0.4, -0.2) is 44.3 Å². The molecule has 0 atom stereocenters. The number of piperidine rings is 1. The summed E-state index contributed by atoms with van der Waals surface area (Å²) in [4.78, 5) is 2.46. The van der Waals surface area contributed by atoms with Crippen molar-refractivity contribution in [2.24, 2.45) is 0 Å². The molecule has 4 nitrogen and oxygen atoms in total. The molecule has 1 saturated heterocycles. The lowest BCUT2D eigenvalue weighted by atomic mass is 10.0. The standard InChI is InChI=1S/C16H23N3O/c1-20-11-10-19-8-6-16(7-9-19)18-13-15-4-2-14(12-17)3-5-15/h2-5,16,18H,6-11,13H2,1H3. The molecule has 2 rings (SSSR count). The van der Waals surface area contributed by atoms with Crippen molar-refractivity contribution in [2.45, 2.75) is 25.4 Å². The largest absolute Gasteiger partial charge is 0.383 e. The molecular formula is C16H23N3O. The average molecular weight is 273 g/mol. The van der Waals surface area contributed by atoms with Crippen LogP contribution in [0.4, 0.5) is 0 Å². The van der Waals surface area contributed by atoms with Crippen LogP contribution in [0.1, 0.15) is 24.0 Å². The fourth-order valence-electron chi connectivity index (χ4n) is 2.54. The van der Waals surface area contributed by atoms with Crippen molar-refractivity contribution in [2.75, 3.05) is 33.4 Å². The third kappa shape index (κ3) is 4.61. The number of nitrogens with zero attached hydrogens (tertiary/aromatic N) is 2. The number of benzene rings is 1. The molecule has 1 heterocycles. The maximum atomic E-state index is 8.77. The van der Waals surface area contributed by atoms with E-state index in [1.54, 1.807) is 7.11 Å². The van der Waals surface area contributed by atoms with Crippen LogP contribution >= 0.6 is 0 Å².